The van der Waals surface area contributed by atoms with E-state index in [1.807, 2.05) is 26.0 Å². The van der Waals surface area contributed by atoms with E-state index in [1.165, 1.54) is 0 Å². The lowest BCUT2D eigenvalue weighted by atomic mass is 9.69. The zero-order chi connectivity index (χ0) is 16.8. The van der Waals surface area contributed by atoms with Crippen LogP contribution in [0, 0.1) is 16.7 Å². The van der Waals surface area contributed by atoms with Crippen LogP contribution in [0.25, 0.3) is 0 Å². The maximum Gasteiger partial charge on any atom is 0.205 e. The fraction of sp³-hybridized carbons (Fsp3) is 0.333. The summed E-state index contributed by atoms with van der Waals surface area (Å²) < 4.78 is 5.51. The molecule has 1 aromatic rings. The molecule has 1 heterocycles. The molecule has 1 aliphatic heterocycles. The number of hydrogen-bond donors (Lipinski definition) is 1. The van der Waals surface area contributed by atoms with Crippen molar-refractivity contribution in [1.82, 2.24) is 0 Å². The van der Waals surface area contributed by atoms with E-state index in [0.29, 0.717) is 29.2 Å². The highest BCUT2D eigenvalue weighted by Gasteiger charge is 2.42. The van der Waals surface area contributed by atoms with Crippen LogP contribution >= 0.6 is 11.6 Å². The van der Waals surface area contributed by atoms with Gasteiger partial charge in [0.25, 0.3) is 0 Å². The van der Waals surface area contributed by atoms with Gasteiger partial charge in [-0.3, -0.25) is 4.79 Å². The lowest BCUT2D eigenvalue weighted by Gasteiger charge is -2.37. The first-order valence-electron chi connectivity index (χ1n) is 7.42. The second-order valence-corrected chi connectivity index (χ2v) is 7.21. The van der Waals surface area contributed by atoms with Crippen molar-refractivity contribution in [3.63, 3.8) is 0 Å². The van der Waals surface area contributed by atoms with E-state index < -0.39 is 0 Å². The van der Waals surface area contributed by atoms with Crippen molar-refractivity contribution in [3.8, 4) is 6.07 Å². The van der Waals surface area contributed by atoms with Gasteiger partial charge < -0.3 is 10.5 Å². The Bertz CT molecular complexity index is 782. The third kappa shape index (κ3) is 2.73. The smallest absolute Gasteiger partial charge is 0.205 e. The summed E-state index contributed by atoms with van der Waals surface area (Å²) in [5, 5.41) is 10.1. The normalized spacial score (nSPS) is 23.2. The molecule has 0 fully saturated rings. The SMILES string of the molecule is CC1(C)CC(=O)C2=C(C1)[C@H](c1ccc(Cl)cc1)C(C#N)=C(N)O2. The third-order valence-corrected chi connectivity index (χ3v) is 4.54. The predicted molar refractivity (Wildman–Crippen MR) is 87.2 cm³/mol. The van der Waals surface area contributed by atoms with Crippen LogP contribution in [-0.4, -0.2) is 5.78 Å². The van der Waals surface area contributed by atoms with Gasteiger partial charge in [0.2, 0.25) is 5.88 Å². The molecule has 2 N–H and O–H groups in total. The van der Waals surface area contributed by atoms with Crippen LogP contribution in [0.15, 0.2) is 47.1 Å². The highest BCUT2D eigenvalue weighted by molar-refractivity contribution is 6.30. The van der Waals surface area contributed by atoms with Crippen molar-refractivity contribution in [1.29, 1.82) is 5.26 Å². The number of ketones is 1. The number of hydrogen-bond acceptors (Lipinski definition) is 4. The molecule has 1 aliphatic carbocycles. The number of benzene rings is 1. The summed E-state index contributed by atoms with van der Waals surface area (Å²) in [6.07, 6.45) is 1.09. The highest BCUT2D eigenvalue weighted by Crippen LogP contribution is 2.48. The molecule has 1 aromatic carbocycles. The number of nitriles is 1. The molecule has 5 heteroatoms. The first-order valence-corrected chi connectivity index (χ1v) is 7.79. The van der Waals surface area contributed by atoms with E-state index in [-0.39, 0.29) is 23.0 Å². The molecule has 0 saturated heterocycles. The Balaban J connectivity index is 2.18. The topological polar surface area (TPSA) is 76.1 Å². The van der Waals surface area contributed by atoms with Gasteiger partial charge in [-0.1, -0.05) is 37.6 Å². The number of Topliss-reactive ketones (excluding diaryl/α,β-unsaturated/α-hetero) is 1. The molecule has 0 amide bonds. The molecule has 3 rings (SSSR count). The Kier molecular flexibility index (Phi) is 3.69. The molecule has 1 atom stereocenters. The van der Waals surface area contributed by atoms with Crippen molar-refractivity contribution >= 4 is 17.4 Å². The molecular weight excluding hydrogens is 312 g/mol. The molecule has 0 radical (unpaired) electrons. The van der Waals surface area contributed by atoms with E-state index in [1.54, 1.807) is 12.1 Å². The lowest BCUT2D eigenvalue weighted by Crippen LogP contribution is -2.33. The molecule has 0 unspecified atom stereocenters. The summed E-state index contributed by atoms with van der Waals surface area (Å²) in [5.74, 6) is -0.0975. The maximum atomic E-state index is 12.5. The molecular formula is C18H17ClN2O2. The summed E-state index contributed by atoms with van der Waals surface area (Å²) in [5.41, 5.74) is 7.80. The Morgan fingerprint density at radius 3 is 2.57 bits per heavy atom. The number of rotatable bonds is 1. The second kappa shape index (κ2) is 5.43. The zero-order valence-corrected chi connectivity index (χ0v) is 13.8. The minimum atomic E-state index is -0.357. The molecule has 0 aromatic heterocycles. The average Bonchev–Trinajstić information content (AvgIpc) is 2.47. The molecule has 0 saturated carbocycles. The Hall–Kier alpha value is -2.25. The van der Waals surface area contributed by atoms with Gasteiger partial charge in [-0.2, -0.15) is 5.26 Å². The second-order valence-electron chi connectivity index (χ2n) is 6.77. The minimum absolute atomic E-state index is 0.0132. The van der Waals surface area contributed by atoms with Crippen molar-refractivity contribution in [2.45, 2.75) is 32.6 Å². The molecule has 0 spiro atoms. The van der Waals surface area contributed by atoms with Gasteiger partial charge in [-0.25, -0.2) is 0 Å². The number of carbonyl (C=O) groups excluding carboxylic acids is 1. The monoisotopic (exact) mass is 328 g/mol. The van der Waals surface area contributed by atoms with Gasteiger partial charge in [-0.05, 0) is 35.1 Å². The van der Waals surface area contributed by atoms with Crippen molar-refractivity contribution in [2.24, 2.45) is 11.1 Å². The van der Waals surface area contributed by atoms with Crippen LogP contribution in [0.5, 0.6) is 0 Å². The van der Waals surface area contributed by atoms with Gasteiger partial charge in [0.15, 0.2) is 11.5 Å². The molecule has 2 aliphatic rings. The molecule has 23 heavy (non-hydrogen) atoms. The van der Waals surface area contributed by atoms with Crippen LogP contribution in [0.4, 0.5) is 0 Å². The number of carbonyl (C=O) groups is 1. The van der Waals surface area contributed by atoms with Gasteiger partial charge >= 0.3 is 0 Å². The summed E-state index contributed by atoms with van der Waals surface area (Å²) in [6, 6.07) is 9.41. The van der Waals surface area contributed by atoms with Gasteiger partial charge in [-0.15, -0.1) is 0 Å². The van der Waals surface area contributed by atoms with Crippen LogP contribution in [-0.2, 0) is 9.53 Å². The Morgan fingerprint density at radius 1 is 1.30 bits per heavy atom. The number of halogens is 1. The fourth-order valence-electron chi connectivity index (χ4n) is 3.33. The van der Waals surface area contributed by atoms with Crippen molar-refractivity contribution in [2.75, 3.05) is 0 Å². The van der Waals surface area contributed by atoms with Gasteiger partial charge in [0.1, 0.15) is 11.6 Å². The Labute approximate surface area is 140 Å². The quantitative estimate of drug-likeness (QED) is 0.850. The summed E-state index contributed by atoms with van der Waals surface area (Å²) >= 11 is 5.96. The van der Waals surface area contributed by atoms with Crippen molar-refractivity contribution < 1.29 is 9.53 Å². The minimum Gasteiger partial charge on any atom is -0.437 e. The number of allylic oxidation sites excluding steroid dienone is 3. The van der Waals surface area contributed by atoms with Crippen LogP contribution in [0.1, 0.15) is 38.2 Å². The molecule has 0 bridgehead atoms. The van der Waals surface area contributed by atoms with Crippen LogP contribution < -0.4 is 5.73 Å². The third-order valence-electron chi connectivity index (χ3n) is 4.29. The predicted octanol–water partition coefficient (Wildman–Crippen LogP) is 3.79. The first kappa shape index (κ1) is 15.6. The van der Waals surface area contributed by atoms with Crippen LogP contribution in [0.3, 0.4) is 0 Å². The van der Waals surface area contributed by atoms with Crippen molar-refractivity contribution in [3.05, 3.63) is 57.6 Å². The highest BCUT2D eigenvalue weighted by atomic mass is 35.5. The van der Waals surface area contributed by atoms with E-state index in [9.17, 15) is 10.1 Å². The van der Waals surface area contributed by atoms with E-state index in [4.69, 9.17) is 22.1 Å². The largest absolute Gasteiger partial charge is 0.437 e. The summed E-state index contributed by atoms with van der Waals surface area (Å²) in [7, 11) is 0. The number of ether oxygens (including phenoxy) is 1. The van der Waals surface area contributed by atoms with E-state index >= 15 is 0 Å². The van der Waals surface area contributed by atoms with Gasteiger partial charge in [0.05, 0.1) is 0 Å². The number of nitrogens with zero attached hydrogens (tertiary/aromatic N) is 1. The Morgan fingerprint density at radius 2 is 1.96 bits per heavy atom. The van der Waals surface area contributed by atoms with Crippen LogP contribution in [0.2, 0.25) is 5.02 Å². The maximum absolute atomic E-state index is 12.5. The average molecular weight is 329 g/mol. The lowest BCUT2D eigenvalue weighted by molar-refractivity contribution is -0.121. The molecule has 4 nitrogen and oxygen atoms in total. The zero-order valence-electron chi connectivity index (χ0n) is 13.0. The first-order chi connectivity index (χ1) is 10.8. The van der Waals surface area contributed by atoms with E-state index in [2.05, 4.69) is 6.07 Å². The molecule has 118 valence electrons. The summed E-state index contributed by atoms with van der Waals surface area (Å²) in [6.45, 7) is 4.09. The summed E-state index contributed by atoms with van der Waals surface area (Å²) in [4.78, 5) is 12.5. The van der Waals surface area contributed by atoms with Gasteiger partial charge in [0, 0.05) is 17.4 Å². The standard InChI is InChI=1S/C18H17ClN2O2/c1-18(2)7-12-15(10-3-5-11(19)6-4-10)13(9-20)17(21)23-16(12)14(22)8-18/h3-6,15H,7-8,21H2,1-2H3/t15-/m0/s1. The fourth-order valence-corrected chi connectivity index (χ4v) is 3.46. The number of nitrogens with two attached hydrogens (primary N) is 1. The van der Waals surface area contributed by atoms with E-state index in [0.717, 1.165) is 11.1 Å².